The average Bonchev–Trinajstić information content (AvgIpc) is 2.83. The van der Waals surface area contributed by atoms with E-state index in [1.54, 1.807) is 30.5 Å². The number of benzene rings is 1. The minimum atomic E-state index is -0.354. The van der Waals surface area contributed by atoms with E-state index in [1.807, 2.05) is 6.92 Å². The first-order valence-electron chi connectivity index (χ1n) is 6.57. The molecule has 0 radical (unpaired) electrons. The van der Waals surface area contributed by atoms with Crippen molar-refractivity contribution in [2.45, 2.75) is 25.5 Å². The second-order valence-electron chi connectivity index (χ2n) is 4.90. The third kappa shape index (κ3) is 2.18. The summed E-state index contributed by atoms with van der Waals surface area (Å²) in [5.41, 5.74) is 1.23. The highest BCUT2D eigenvalue weighted by Gasteiger charge is 2.27. The van der Waals surface area contributed by atoms with Gasteiger partial charge in [-0.05, 0) is 37.6 Å². The second-order valence-corrected chi connectivity index (χ2v) is 4.90. The molecule has 2 aromatic rings. The van der Waals surface area contributed by atoms with Gasteiger partial charge in [-0.1, -0.05) is 0 Å². The number of nitro benzene ring substituents is 1. The van der Waals surface area contributed by atoms with Crippen LogP contribution in [0.4, 0.5) is 11.4 Å². The molecule has 0 saturated carbocycles. The van der Waals surface area contributed by atoms with Gasteiger partial charge in [0, 0.05) is 12.8 Å². The number of aromatic nitrogens is 1. The second kappa shape index (κ2) is 5.05. The molecule has 20 heavy (non-hydrogen) atoms. The number of nitrogens with zero attached hydrogens (tertiary/aromatic N) is 2. The average molecular weight is 273 g/mol. The van der Waals surface area contributed by atoms with Crippen molar-refractivity contribution in [1.82, 2.24) is 4.98 Å². The van der Waals surface area contributed by atoms with Crippen LogP contribution in [0, 0.1) is 10.1 Å². The van der Waals surface area contributed by atoms with E-state index in [-0.39, 0.29) is 22.8 Å². The molecule has 2 unspecified atom stereocenters. The summed E-state index contributed by atoms with van der Waals surface area (Å²) in [5.74, 6) is 0. The van der Waals surface area contributed by atoms with Crippen molar-refractivity contribution in [2.24, 2.45) is 0 Å². The van der Waals surface area contributed by atoms with Gasteiger partial charge in [-0.3, -0.25) is 15.1 Å². The van der Waals surface area contributed by atoms with Crippen LogP contribution in [0.2, 0.25) is 0 Å². The first-order valence-corrected chi connectivity index (χ1v) is 6.57. The van der Waals surface area contributed by atoms with Gasteiger partial charge in [-0.25, -0.2) is 0 Å². The predicted octanol–water partition coefficient (Wildman–Crippen LogP) is 2.73. The van der Waals surface area contributed by atoms with Gasteiger partial charge in [-0.2, -0.15) is 0 Å². The Morgan fingerprint density at radius 3 is 3.00 bits per heavy atom. The lowest BCUT2D eigenvalue weighted by molar-refractivity contribution is -0.382. The molecular formula is C14H15N3O3. The minimum absolute atomic E-state index is 0.0548. The predicted molar refractivity (Wildman–Crippen MR) is 75.8 cm³/mol. The van der Waals surface area contributed by atoms with Gasteiger partial charge >= 0.3 is 5.69 Å². The van der Waals surface area contributed by atoms with Crippen LogP contribution in [-0.4, -0.2) is 28.7 Å². The maximum atomic E-state index is 11.4. The molecule has 0 spiro atoms. The Bertz CT molecular complexity index is 659. The lowest BCUT2D eigenvalue weighted by Crippen LogP contribution is -2.27. The molecule has 6 heteroatoms. The van der Waals surface area contributed by atoms with Crippen molar-refractivity contribution in [3.8, 4) is 0 Å². The van der Waals surface area contributed by atoms with Crippen molar-refractivity contribution >= 4 is 22.3 Å². The summed E-state index contributed by atoms with van der Waals surface area (Å²) in [4.78, 5) is 15.2. The largest absolute Gasteiger partial charge is 0.376 e. The molecule has 0 aliphatic carbocycles. The van der Waals surface area contributed by atoms with Crippen LogP contribution in [0.1, 0.15) is 13.3 Å². The molecule has 1 aromatic heterocycles. The van der Waals surface area contributed by atoms with E-state index in [9.17, 15) is 10.1 Å². The number of fused-ring (bicyclic) bond motifs is 1. The molecular weight excluding hydrogens is 258 g/mol. The number of nitro groups is 1. The number of hydrogen-bond donors (Lipinski definition) is 1. The van der Waals surface area contributed by atoms with Crippen molar-refractivity contribution in [3.63, 3.8) is 0 Å². The Hall–Kier alpha value is -2.21. The Morgan fingerprint density at radius 2 is 2.30 bits per heavy atom. The number of pyridine rings is 1. The smallest absolute Gasteiger partial charge is 0.301 e. The van der Waals surface area contributed by atoms with E-state index in [2.05, 4.69) is 10.3 Å². The van der Waals surface area contributed by atoms with Gasteiger partial charge in [0.1, 0.15) is 5.69 Å². The van der Waals surface area contributed by atoms with E-state index in [4.69, 9.17) is 4.74 Å². The Balaban J connectivity index is 2.06. The van der Waals surface area contributed by atoms with Crippen LogP contribution in [0.15, 0.2) is 30.5 Å². The Morgan fingerprint density at radius 1 is 1.45 bits per heavy atom. The summed E-state index contributed by atoms with van der Waals surface area (Å²) in [6, 6.07) is 7.05. The fraction of sp³-hybridized carbons (Fsp3) is 0.357. The maximum Gasteiger partial charge on any atom is 0.301 e. The molecule has 104 valence electrons. The van der Waals surface area contributed by atoms with Crippen LogP contribution in [0.5, 0.6) is 0 Å². The SMILES string of the molecule is CC1OCCC1Nc1ccc2ncccc2c1[N+](=O)[O-]. The van der Waals surface area contributed by atoms with Crippen molar-refractivity contribution in [3.05, 3.63) is 40.6 Å². The van der Waals surface area contributed by atoms with Crippen LogP contribution < -0.4 is 5.32 Å². The first-order chi connectivity index (χ1) is 9.66. The Labute approximate surface area is 115 Å². The standard InChI is InChI=1S/C14H15N3O3/c1-9-11(6-8-20-9)16-13-5-4-12-10(3-2-7-15-12)14(13)17(18)19/h2-5,7,9,11,16H,6,8H2,1H3. The summed E-state index contributed by atoms with van der Waals surface area (Å²) >= 11 is 0. The van der Waals surface area contributed by atoms with Gasteiger partial charge in [-0.15, -0.1) is 0 Å². The quantitative estimate of drug-likeness (QED) is 0.687. The topological polar surface area (TPSA) is 77.3 Å². The van der Waals surface area contributed by atoms with Gasteiger partial charge < -0.3 is 10.1 Å². The van der Waals surface area contributed by atoms with E-state index >= 15 is 0 Å². The summed E-state index contributed by atoms with van der Waals surface area (Å²) in [5, 5.41) is 15.2. The molecule has 1 aliphatic rings. The molecule has 1 aliphatic heterocycles. The fourth-order valence-electron chi connectivity index (χ4n) is 2.57. The van der Waals surface area contributed by atoms with Crippen molar-refractivity contribution in [1.29, 1.82) is 0 Å². The fourth-order valence-corrected chi connectivity index (χ4v) is 2.57. The molecule has 1 aromatic carbocycles. The summed E-state index contributed by atoms with van der Waals surface area (Å²) in [6.07, 6.45) is 2.54. The number of hydrogen-bond acceptors (Lipinski definition) is 5. The monoisotopic (exact) mass is 273 g/mol. The molecule has 2 heterocycles. The number of anilines is 1. The number of nitrogens with one attached hydrogen (secondary N) is 1. The van der Waals surface area contributed by atoms with Gasteiger partial charge in [0.05, 0.1) is 28.0 Å². The normalized spacial score (nSPS) is 22.1. The van der Waals surface area contributed by atoms with Crippen LogP contribution in [0.25, 0.3) is 10.9 Å². The van der Waals surface area contributed by atoms with Crippen molar-refractivity contribution < 1.29 is 9.66 Å². The van der Waals surface area contributed by atoms with Crippen LogP contribution >= 0.6 is 0 Å². The highest BCUT2D eigenvalue weighted by molar-refractivity contribution is 5.94. The zero-order valence-corrected chi connectivity index (χ0v) is 11.1. The van der Waals surface area contributed by atoms with E-state index in [1.165, 1.54) is 0 Å². The van der Waals surface area contributed by atoms with Gasteiger partial charge in [0.2, 0.25) is 0 Å². The van der Waals surface area contributed by atoms with Gasteiger partial charge in [0.15, 0.2) is 0 Å². The van der Waals surface area contributed by atoms with E-state index in [0.29, 0.717) is 23.2 Å². The first kappa shape index (κ1) is 12.8. The molecule has 2 atom stereocenters. The Kier molecular flexibility index (Phi) is 3.23. The van der Waals surface area contributed by atoms with Crippen molar-refractivity contribution in [2.75, 3.05) is 11.9 Å². The lowest BCUT2D eigenvalue weighted by Gasteiger charge is -2.17. The lowest BCUT2D eigenvalue weighted by atomic mass is 10.1. The molecule has 6 nitrogen and oxygen atoms in total. The zero-order chi connectivity index (χ0) is 14.1. The molecule has 0 amide bonds. The van der Waals surface area contributed by atoms with Gasteiger partial charge in [0.25, 0.3) is 0 Å². The third-order valence-corrected chi connectivity index (χ3v) is 3.66. The van der Waals surface area contributed by atoms with Crippen LogP contribution in [-0.2, 0) is 4.74 Å². The minimum Gasteiger partial charge on any atom is -0.376 e. The molecule has 0 bridgehead atoms. The van der Waals surface area contributed by atoms with E-state index < -0.39 is 0 Å². The summed E-state index contributed by atoms with van der Waals surface area (Å²) in [6.45, 7) is 2.65. The maximum absolute atomic E-state index is 11.4. The number of ether oxygens (including phenoxy) is 1. The highest BCUT2D eigenvalue weighted by atomic mass is 16.6. The summed E-state index contributed by atoms with van der Waals surface area (Å²) in [7, 11) is 0. The zero-order valence-electron chi connectivity index (χ0n) is 11.1. The highest BCUT2D eigenvalue weighted by Crippen LogP contribution is 2.34. The molecule has 1 N–H and O–H groups in total. The molecule has 1 saturated heterocycles. The van der Waals surface area contributed by atoms with Crippen LogP contribution in [0.3, 0.4) is 0 Å². The third-order valence-electron chi connectivity index (χ3n) is 3.66. The van der Waals surface area contributed by atoms with E-state index in [0.717, 1.165) is 6.42 Å². The molecule has 3 rings (SSSR count). The molecule has 1 fully saturated rings. The number of rotatable bonds is 3. The summed E-state index contributed by atoms with van der Waals surface area (Å²) < 4.78 is 5.48.